The molecule has 1 aromatic heterocycles. The van der Waals surface area contributed by atoms with Crippen molar-refractivity contribution >= 4 is 0 Å². The molecule has 0 amide bonds. The molecule has 5 nitrogen and oxygen atoms in total. The fourth-order valence-electron chi connectivity index (χ4n) is 1.23. The van der Waals surface area contributed by atoms with Crippen LogP contribution < -0.4 is 4.74 Å². The van der Waals surface area contributed by atoms with Crippen LogP contribution >= 0.6 is 0 Å². The molecule has 0 aliphatic heterocycles. The number of aromatic nitrogens is 2. The number of rotatable bonds is 2. The maximum absolute atomic E-state index is 8.89. The maximum atomic E-state index is 8.89. The third-order valence-electron chi connectivity index (χ3n) is 2.02. The highest BCUT2D eigenvalue weighted by molar-refractivity contribution is 5.46. The monoisotopic (exact) mass is 222 g/mol. The average Bonchev–Trinajstić information content (AvgIpc) is 2.40. The Labute approximate surface area is 97.5 Å². The van der Waals surface area contributed by atoms with E-state index in [2.05, 4.69) is 10.2 Å². The van der Waals surface area contributed by atoms with Crippen LogP contribution in [0.3, 0.4) is 0 Å². The Morgan fingerprint density at radius 2 is 1.76 bits per heavy atom. The highest BCUT2D eigenvalue weighted by atomic mass is 16.5. The average molecular weight is 222 g/mol. The lowest BCUT2D eigenvalue weighted by Crippen LogP contribution is -1.95. The number of nitriles is 2. The Morgan fingerprint density at radius 3 is 2.53 bits per heavy atom. The quantitative estimate of drug-likeness (QED) is 0.776. The normalized spacial score (nSPS) is 9.06. The largest absolute Gasteiger partial charge is 0.435 e. The number of benzene rings is 1. The fraction of sp³-hybridized carbons (Fsp3) is 0. The number of hydrogen-bond acceptors (Lipinski definition) is 5. The van der Waals surface area contributed by atoms with E-state index in [0.717, 1.165) is 0 Å². The number of ether oxygens (including phenoxy) is 1. The van der Waals surface area contributed by atoms with Crippen molar-refractivity contribution in [1.82, 2.24) is 10.2 Å². The summed E-state index contributed by atoms with van der Waals surface area (Å²) in [5, 5.41) is 25.1. The molecule has 0 radical (unpaired) electrons. The minimum Gasteiger partial charge on any atom is -0.435 e. The Balaban J connectivity index is 2.40. The zero-order valence-corrected chi connectivity index (χ0v) is 8.66. The van der Waals surface area contributed by atoms with Gasteiger partial charge in [-0.15, -0.1) is 5.10 Å². The van der Waals surface area contributed by atoms with Gasteiger partial charge in [-0.1, -0.05) is 12.1 Å². The van der Waals surface area contributed by atoms with Gasteiger partial charge in [0.1, 0.15) is 23.5 Å². The summed E-state index contributed by atoms with van der Waals surface area (Å²) in [5.41, 5.74) is 0.648. The van der Waals surface area contributed by atoms with E-state index in [1.165, 1.54) is 12.3 Å². The lowest BCUT2D eigenvalue weighted by Gasteiger charge is -2.05. The second-order valence-corrected chi connectivity index (χ2v) is 3.07. The number of nitrogens with zero attached hydrogens (tertiary/aromatic N) is 4. The van der Waals surface area contributed by atoms with Crippen LogP contribution in [0.1, 0.15) is 11.1 Å². The van der Waals surface area contributed by atoms with Crippen molar-refractivity contribution in [2.24, 2.45) is 0 Å². The smallest absolute Gasteiger partial charge is 0.257 e. The van der Waals surface area contributed by atoms with E-state index < -0.39 is 0 Å². The summed E-state index contributed by atoms with van der Waals surface area (Å²) in [6.45, 7) is 0. The van der Waals surface area contributed by atoms with E-state index in [1.54, 1.807) is 24.3 Å². The minimum atomic E-state index is 0.0951. The van der Waals surface area contributed by atoms with Gasteiger partial charge in [-0.25, -0.2) is 0 Å². The van der Waals surface area contributed by atoms with Gasteiger partial charge in [-0.3, -0.25) is 0 Å². The van der Waals surface area contributed by atoms with Crippen LogP contribution in [0, 0.1) is 22.7 Å². The highest BCUT2D eigenvalue weighted by Gasteiger charge is 2.08. The molecule has 17 heavy (non-hydrogen) atoms. The molecule has 0 saturated carbocycles. The summed E-state index contributed by atoms with van der Waals surface area (Å²) in [5.74, 6) is 0.449. The van der Waals surface area contributed by atoms with Crippen molar-refractivity contribution in [2.45, 2.75) is 0 Å². The van der Waals surface area contributed by atoms with Gasteiger partial charge < -0.3 is 4.74 Å². The summed E-state index contributed by atoms with van der Waals surface area (Å²) in [6, 6.07) is 12.2. The van der Waals surface area contributed by atoms with Gasteiger partial charge in [0.05, 0.1) is 11.8 Å². The highest BCUT2D eigenvalue weighted by Crippen LogP contribution is 2.24. The van der Waals surface area contributed by atoms with Crippen molar-refractivity contribution in [3.8, 4) is 23.8 Å². The van der Waals surface area contributed by atoms with Crippen LogP contribution in [-0.4, -0.2) is 10.2 Å². The molecule has 0 bridgehead atoms. The molecular formula is C12H6N4O. The van der Waals surface area contributed by atoms with Crippen LogP contribution in [0.5, 0.6) is 11.6 Å². The molecule has 0 N–H and O–H groups in total. The van der Waals surface area contributed by atoms with Crippen molar-refractivity contribution in [2.75, 3.05) is 0 Å². The molecular weight excluding hydrogens is 216 g/mol. The zero-order valence-electron chi connectivity index (χ0n) is 8.66. The first-order valence-corrected chi connectivity index (χ1v) is 4.74. The van der Waals surface area contributed by atoms with Crippen molar-refractivity contribution in [3.05, 3.63) is 47.7 Å². The number of hydrogen-bond donors (Lipinski definition) is 0. The predicted octanol–water partition coefficient (Wildman–Crippen LogP) is 2.01. The summed E-state index contributed by atoms with van der Waals surface area (Å²) in [6.07, 6.45) is 1.40. The molecule has 0 unspecified atom stereocenters. The molecule has 0 aliphatic rings. The van der Waals surface area contributed by atoms with Gasteiger partial charge >= 0.3 is 0 Å². The van der Waals surface area contributed by atoms with Crippen LogP contribution in [0.4, 0.5) is 0 Å². The molecule has 2 aromatic rings. The fourth-order valence-corrected chi connectivity index (χ4v) is 1.23. The predicted molar refractivity (Wildman–Crippen MR) is 58.0 cm³/mol. The van der Waals surface area contributed by atoms with E-state index in [9.17, 15) is 0 Å². The van der Waals surface area contributed by atoms with Crippen molar-refractivity contribution in [1.29, 1.82) is 10.5 Å². The maximum Gasteiger partial charge on any atom is 0.257 e. The van der Waals surface area contributed by atoms with Gasteiger partial charge in [-0.2, -0.15) is 15.6 Å². The first-order chi connectivity index (χ1) is 8.35. The Bertz CT molecular complexity index is 569. The molecule has 5 heteroatoms. The second kappa shape index (κ2) is 4.73. The van der Waals surface area contributed by atoms with Gasteiger partial charge in [0.2, 0.25) is 0 Å². The Kier molecular flexibility index (Phi) is 2.95. The van der Waals surface area contributed by atoms with Gasteiger partial charge in [0.15, 0.2) is 0 Å². The van der Waals surface area contributed by atoms with E-state index in [0.29, 0.717) is 11.3 Å². The van der Waals surface area contributed by atoms with Gasteiger partial charge in [-0.05, 0) is 18.2 Å². The molecule has 0 spiro atoms. The third-order valence-corrected chi connectivity index (χ3v) is 2.02. The molecule has 0 saturated heterocycles. The molecule has 1 aromatic carbocycles. The van der Waals surface area contributed by atoms with Gasteiger partial charge in [0.25, 0.3) is 5.88 Å². The lowest BCUT2D eigenvalue weighted by atomic mass is 10.2. The standard InChI is InChI=1S/C12H6N4O/c13-7-9-3-1-2-4-11(9)17-12-10(8-14)5-6-15-16-12/h1-6H. The Morgan fingerprint density at radius 1 is 1.00 bits per heavy atom. The third kappa shape index (κ3) is 2.19. The summed E-state index contributed by atoms with van der Waals surface area (Å²) in [7, 11) is 0. The van der Waals surface area contributed by atoms with Crippen molar-refractivity contribution in [3.63, 3.8) is 0 Å². The molecule has 0 fully saturated rings. The minimum absolute atomic E-state index is 0.0951. The summed E-state index contributed by atoms with van der Waals surface area (Å²) in [4.78, 5) is 0. The molecule has 0 atom stereocenters. The SMILES string of the molecule is N#Cc1ccccc1Oc1nnccc1C#N. The molecule has 1 heterocycles. The van der Waals surface area contributed by atoms with Gasteiger partial charge in [0, 0.05) is 0 Å². The van der Waals surface area contributed by atoms with Crippen LogP contribution in [-0.2, 0) is 0 Å². The van der Waals surface area contributed by atoms with E-state index in [1.807, 2.05) is 12.1 Å². The second-order valence-electron chi connectivity index (χ2n) is 3.07. The lowest BCUT2D eigenvalue weighted by molar-refractivity contribution is 0.452. The van der Waals surface area contributed by atoms with E-state index >= 15 is 0 Å². The first kappa shape index (κ1) is 10.6. The first-order valence-electron chi connectivity index (χ1n) is 4.74. The Hall–Kier alpha value is -2.92. The number of para-hydroxylation sites is 1. The van der Waals surface area contributed by atoms with E-state index in [4.69, 9.17) is 15.3 Å². The summed E-state index contributed by atoms with van der Waals surface area (Å²) < 4.78 is 5.40. The molecule has 0 aliphatic carbocycles. The molecule has 80 valence electrons. The summed E-state index contributed by atoms with van der Waals surface area (Å²) >= 11 is 0. The van der Waals surface area contributed by atoms with Crippen LogP contribution in [0.2, 0.25) is 0 Å². The van der Waals surface area contributed by atoms with Crippen molar-refractivity contribution < 1.29 is 4.74 Å². The van der Waals surface area contributed by atoms with Crippen LogP contribution in [0.25, 0.3) is 0 Å². The zero-order chi connectivity index (χ0) is 12.1. The van der Waals surface area contributed by atoms with E-state index in [-0.39, 0.29) is 11.4 Å². The van der Waals surface area contributed by atoms with Crippen LogP contribution in [0.15, 0.2) is 36.5 Å². The topological polar surface area (TPSA) is 82.6 Å². The molecule has 2 rings (SSSR count).